The Morgan fingerprint density at radius 1 is 0.448 bits per heavy atom. The SMILES string of the molecule is Cc1c(C)c(S(=O)(=O)NC(=N)NCCC[C@H](NC(=O)[C@H](CCCCNC(=O)OC(C)(C)C)NC(=O)[C@@H](N)CCCCNC(=O)OC(C)(C)C)C(=O)N[C@@H](CCCNC(=N)NS(=O)(=O)c2c(C)c(C)c3c(c2C)CC(C)(C)O3)C(=O)N[C@@H](CCC(N)=O)C(=O)C(c2ccccc2)(c2ccccc2)c2ccccc2)c(C)c2c1OC(C)(C)C2. The van der Waals surface area contributed by atoms with Crippen LogP contribution in [0.4, 0.5) is 9.59 Å². The van der Waals surface area contributed by atoms with Crippen molar-refractivity contribution in [2.75, 3.05) is 26.2 Å². The number of nitrogens with two attached hydrogens (primary N) is 2. The molecule has 7 rings (SSSR count). The summed E-state index contributed by atoms with van der Waals surface area (Å²) in [4.78, 5) is 115. The van der Waals surface area contributed by atoms with E-state index in [9.17, 15) is 36.0 Å². The predicted octanol–water partition coefficient (Wildman–Crippen LogP) is 8.36. The summed E-state index contributed by atoms with van der Waals surface area (Å²) >= 11 is 0. The smallest absolute Gasteiger partial charge is 0.407 e. The third-order valence-corrected chi connectivity index (χ3v) is 23.5. The van der Waals surface area contributed by atoms with Crippen LogP contribution >= 0.6 is 0 Å². The number of ketones is 1. The number of alkyl carbamates (subject to hydrolysis) is 2. The molecule has 0 radical (unpaired) electrons. The number of hydrogen-bond donors (Lipinski definition) is 14. The molecule has 2 aliphatic heterocycles. The second-order valence-corrected chi connectivity index (χ2v) is 36.4. The molecule has 0 saturated heterocycles. The molecule has 5 aromatic carbocycles. The molecule has 634 valence electrons. The lowest BCUT2D eigenvalue weighted by molar-refractivity contribution is -0.135. The molecule has 116 heavy (non-hydrogen) atoms. The average Bonchev–Trinajstić information content (AvgIpc) is 1.63. The van der Waals surface area contributed by atoms with Gasteiger partial charge in [-0.2, -0.15) is 0 Å². The van der Waals surface area contributed by atoms with Crippen molar-refractivity contribution in [2.24, 2.45) is 11.5 Å². The molecule has 7 amide bonds. The molecule has 0 spiro atoms. The Balaban J connectivity index is 1.24. The van der Waals surface area contributed by atoms with Crippen molar-refractivity contribution in [2.45, 2.75) is 268 Å². The van der Waals surface area contributed by atoms with Crippen LogP contribution in [0.25, 0.3) is 0 Å². The van der Waals surface area contributed by atoms with Gasteiger partial charge < -0.3 is 72.9 Å². The molecule has 0 aromatic heterocycles. The van der Waals surface area contributed by atoms with Crippen molar-refractivity contribution >= 4 is 79.5 Å². The van der Waals surface area contributed by atoms with Crippen molar-refractivity contribution in [3.63, 3.8) is 0 Å². The number of unbranched alkanes of at least 4 members (excludes halogenated alkanes) is 2. The number of primary amides is 1. The lowest BCUT2D eigenvalue weighted by Crippen LogP contribution is -2.59. The van der Waals surface area contributed by atoms with E-state index in [1.165, 1.54) is 0 Å². The molecule has 2 heterocycles. The van der Waals surface area contributed by atoms with E-state index >= 15 is 19.2 Å². The number of benzene rings is 5. The van der Waals surface area contributed by atoms with Crippen LogP contribution in [0, 0.1) is 52.4 Å². The second-order valence-electron chi connectivity index (χ2n) is 33.1. The lowest BCUT2D eigenvalue weighted by Gasteiger charge is -2.38. The maximum Gasteiger partial charge on any atom is 0.407 e. The molecule has 2 aliphatic rings. The number of fused-ring (bicyclic) bond motifs is 2. The maximum absolute atomic E-state index is 16.3. The third kappa shape index (κ3) is 25.1. The first-order chi connectivity index (χ1) is 54.2. The molecular formula is C84H120N14O16S2. The van der Waals surface area contributed by atoms with Gasteiger partial charge in [0.2, 0.25) is 41.5 Å². The largest absolute Gasteiger partial charge is 0.487 e. The molecule has 32 heteroatoms. The topological polar surface area (TPSA) is 462 Å². The zero-order valence-electron chi connectivity index (χ0n) is 69.8. The fourth-order valence-electron chi connectivity index (χ4n) is 14.6. The van der Waals surface area contributed by atoms with Gasteiger partial charge in [-0.15, -0.1) is 0 Å². The van der Waals surface area contributed by atoms with Gasteiger partial charge in [0.1, 0.15) is 57.4 Å². The highest BCUT2D eigenvalue weighted by atomic mass is 32.2. The van der Waals surface area contributed by atoms with Gasteiger partial charge in [0.05, 0.1) is 21.9 Å². The van der Waals surface area contributed by atoms with Crippen LogP contribution in [0.1, 0.15) is 207 Å². The van der Waals surface area contributed by atoms with Crippen LogP contribution in [0.3, 0.4) is 0 Å². The summed E-state index contributed by atoms with van der Waals surface area (Å²) in [5, 5.41) is 39.9. The Hall–Kier alpha value is -10.3. The van der Waals surface area contributed by atoms with Crippen molar-refractivity contribution in [1.82, 2.24) is 52.0 Å². The van der Waals surface area contributed by atoms with Crippen LogP contribution in [0.5, 0.6) is 11.5 Å². The Bertz CT molecular complexity index is 4550. The third-order valence-electron chi connectivity index (χ3n) is 20.3. The van der Waals surface area contributed by atoms with Crippen LogP contribution < -0.4 is 72.9 Å². The summed E-state index contributed by atoms with van der Waals surface area (Å²) in [6.45, 7) is 28.0. The van der Waals surface area contributed by atoms with E-state index in [1.54, 1.807) is 174 Å². The van der Waals surface area contributed by atoms with Gasteiger partial charge >= 0.3 is 12.2 Å². The van der Waals surface area contributed by atoms with Crippen molar-refractivity contribution in [1.29, 1.82) is 10.8 Å². The number of guanidine groups is 2. The minimum Gasteiger partial charge on any atom is -0.487 e. The van der Waals surface area contributed by atoms with Gasteiger partial charge in [0.15, 0.2) is 5.78 Å². The fraction of sp³-hybridized carbons (Fsp3) is 0.524. The minimum absolute atomic E-state index is 0.0214. The number of carbonyl (C=O) groups excluding carboxylic acids is 8. The van der Waals surface area contributed by atoms with E-state index in [0.717, 1.165) is 11.1 Å². The van der Waals surface area contributed by atoms with Crippen molar-refractivity contribution in [3.8, 4) is 11.5 Å². The maximum atomic E-state index is 16.3. The number of amides is 7. The number of sulfonamides is 2. The van der Waals surface area contributed by atoms with Crippen LogP contribution in [-0.4, -0.2) is 155 Å². The molecule has 5 aromatic rings. The Kier molecular flexibility index (Phi) is 31.6. The second kappa shape index (κ2) is 39.5. The molecule has 0 bridgehead atoms. The fourth-order valence-corrected chi connectivity index (χ4v) is 17.6. The standard InChI is InChI=1S/C84H120N14O16S2/c1-50-52(3)69(54(5)59-48-82(13,14)111-67(50)59)115(107,108)97-76(87)89-46-30-40-64(73(102)93-62(42-43-66(86)99)71(100)84(56-32-20-17-21-33-56,57-34-22-18-23-35-57)58-36-24-19-25-37-58)95-75(104)65(41-31-47-90-77(88)98-116(109,110)70-53(4)51(2)68-60(55(70)6)49-83(15,16)112-68)96-74(103)63(39-27-29-45-92-79(106)114-81(10,11)12)94-72(101)61(85)38-26-28-44-91-78(105)113-80(7,8)9/h17-25,32-37,61-65H,26-31,38-49,85H2,1-16H3,(H2,86,99)(H,91,105)(H,92,106)(H,93,102)(H,94,101)(H,95,104)(H,96,103)(H3,87,89,97)(H3,88,90,98)/t61-,62-,63-,64-,65-/m0/s1. The molecule has 0 aliphatic carbocycles. The van der Waals surface area contributed by atoms with Gasteiger partial charge in [0.25, 0.3) is 20.0 Å². The van der Waals surface area contributed by atoms with E-state index < -0.39 is 144 Å². The molecule has 0 unspecified atom stereocenters. The summed E-state index contributed by atoms with van der Waals surface area (Å²) < 4.78 is 85.2. The highest BCUT2D eigenvalue weighted by Crippen LogP contribution is 2.46. The molecule has 0 saturated carbocycles. The first kappa shape index (κ1) is 92.8. The molecule has 30 nitrogen and oxygen atoms in total. The number of carbonyl (C=O) groups is 8. The van der Waals surface area contributed by atoms with E-state index in [-0.39, 0.29) is 93.8 Å². The minimum atomic E-state index is -4.43. The number of ether oxygens (including phenoxy) is 4. The van der Waals surface area contributed by atoms with Gasteiger partial charge in [0, 0.05) is 56.6 Å². The predicted molar refractivity (Wildman–Crippen MR) is 443 cm³/mol. The highest BCUT2D eigenvalue weighted by Gasteiger charge is 2.48. The zero-order valence-corrected chi connectivity index (χ0v) is 71.4. The van der Waals surface area contributed by atoms with E-state index in [4.69, 9.17) is 41.2 Å². The average molecular weight is 1650 g/mol. The quantitative estimate of drug-likeness (QED) is 0.00763. The van der Waals surface area contributed by atoms with E-state index in [2.05, 4.69) is 52.0 Å². The highest BCUT2D eigenvalue weighted by molar-refractivity contribution is 7.90. The number of Topliss-reactive ketones (excluding diaryl/α,β-unsaturated/α-hetero) is 1. The van der Waals surface area contributed by atoms with E-state index in [1.807, 2.05) is 27.7 Å². The van der Waals surface area contributed by atoms with Crippen LogP contribution in [0.2, 0.25) is 0 Å². The Morgan fingerprint density at radius 2 is 0.776 bits per heavy atom. The first-order valence-corrected chi connectivity index (χ1v) is 42.4. The van der Waals surface area contributed by atoms with Crippen LogP contribution in [-0.2, 0) is 76.5 Å². The van der Waals surface area contributed by atoms with Gasteiger partial charge in [-0.1, -0.05) is 91.0 Å². The molecule has 0 fully saturated rings. The van der Waals surface area contributed by atoms with Gasteiger partial charge in [-0.25, -0.2) is 35.9 Å². The molecule has 5 atom stereocenters. The Labute approximate surface area is 682 Å². The number of nitrogens with one attached hydrogen (secondary N) is 12. The van der Waals surface area contributed by atoms with Gasteiger partial charge in [-0.05, 0) is 231 Å². The zero-order chi connectivity index (χ0) is 86.1. The van der Waals surface area contributed by atoms with Crippen LogP contribution in [0.15, 0.2) is 101 Å². The van der Waals surface area contributed by atoms with Crippen molar-refractivity contribution < 1.29 is 74.1 Å². The summed E-state index contributed by atoms with van der Waals surface area (Å²) in [5.41, 5.74) is 13.9. The number of hydrogen-bond acceptors (Lipinski definition) is 19. The summed E-state index contributed by atoms with van der Waals surface area (Å²) in [6, 6.07) is 19.1. The Morgan fingerprint density at radius 3 is 1.13 bits per heavy atom. The summed E-state index contributed by atoms with van der Waals surface area (Å²) in [6.07, 6.45) is -0.723. The lowest BCUT2D eigenvalue weighted by atomic mass is 9.64. The van der Waals surface area contributed by atoms with E-state index in [0.29, 0.717) is 87.3 Å². The molecular weight excluding hydrogens is 1530 g/mol. The van der Waals surface area contributed by atoms with Crippen molar-refractivity contribution in [3.05, 3.63) is 152 Å². The van der Waals surface area contributed by atoms with Gasteiger partial charge in [-0.3, -0.25) is 39.6 Å². The normalized spacial score (nSPS) is 14.8. The summed E-state index contributed by atoms with van der Waals surface area (Å²) in [5.74, 6) is -5.04. The summed E-state index contributed by atoms with van der Waals surface area (Å²) in [7, 11) is -8.86. The molecule has 16 N–H and O–H groups in total. The monoisotopic (exact) mass is 1640 g/mol. The first-order valence-electron chi connectivity index (χ1n) is 39.4. The number of rotatable bonds is 38.